The van der Waals surface area contributed by atoms with Crippen molar-refractivity contribution < 1.29 is 9.52 Å². The molecule has 1 atom stereocenters. The summed E-state index contributed by atoms with van der Waals surface area (Å²) in [6, 6.07) is 4.36. The van der Waals surface area contributed by atoms with Crippen molar-refractivity contribution in [2.75, 3.05) is 26.7 Å². The molecule has 4 heteroatoms. The van der Waals surface area contributed by atoms with Crippen molar-refractivity contribution >= 4 is 0 Å². The SMILES string of the molecule is CN1C(CCO)CN(Cc2ccco2)CC1(C)C. The van der Waals surface area contributed by atoms with Crippen LogP contribution in [0, 0.1) is 0 Å². The zero-order valence-corrected chi connectivity index (χ0v) is 11.6. The first-order valence-corrected chi connectivity index (χ1v) is 6.61. The van der Waals surface area contributed by atoms with E-state index in [1.807, 2.05) is 12.1 Å². The normalized spacial score (nSPS) is 25.4. The fourth-order valence-electron chi connectivity index (χ4n) is 2.82. The fraction of sp³-hybridized carbons (Fsp3) is 0.714. The lowest BCUT2D eigenvalue weighted by Gasteiger charge is -2.50. The number of hydrogen-bond acceptors (Lipinski definition) is 4. The molecule has 0 radical (unpaired) electrons. The Morgan fingerprint density at radius 2 is 2.28 bits per heavy atom. The molecular formula is C14H24N2O2. The Morgan fingerprint density at radius 1 is 1.50 bits per heavy atom. The topological polar surface area (TPSA) is 39.9 Å². The lowest BCUT2D eigenvalue weighted by atomic mass is 9.94. The van der Waals surface area contributed by atoms with E-state index in [1.54, 1.807) is 6.26 Å². The second-order valence-electron chi connectivity index (χ2n) is 5.84. The average molecular weight is 252 g/mol. The molecule has 1 fully saturated rings. The lowest BCUT2D eigenvalue weighted by Crippen LogP contribution is -2.62. The molecule has 1 aromatic rings. The smallest absolute Gasteiger partial charge is 0.117 e. The summed E-state index contributed by atoms with van der Waals surface area (Å²) in [5.41, 5.74) is 0.130. The molecule has 0 bridgehead atoms. The zero-order chi connectivity index (χ0) is 13.2. The molecule has 1 unspecified atom stereocenters. The summed E-state index contributed by atoms with van der Waals surface area (Å²) in [5.74, 6) is 1.01. The number of hydrogen-bond donors (Lipinski definition) is 1. The molecule has 18 heavy (non-hydrogen) atoms. The maximum absolute atomic E-state index is 9.19. The van der Waals surface area contributed by atoms with Crippen molar-refractivity contribution in [3.63, 3.8) is 0 Å². The predicted molar refractivity (Wildman–Crippen MR) is 71.3 cm³/mol. The standard InChI is InChI=1S/C14H24N2O2/c1-14(2)11-16(10-13-5-4-8-18-13)9-12(6-7-17)15(14)3/h4-5,8,12,17H,6-7,9-11H2,1-3H3. The summed E-state index contributed by atoms with van der Waals surface area (Å²) >= 11 is 0. The van der Waals surface area contributed by atoms with Crippen LogP contribution in [0.2, 0.25) is 0 Å². The van der Waals surface area contributed by atoms with Crippen LogP contribution in [-0.4, -0.2) is 53.2 Å². The van der Waals surface area contributed by atoms with Gasteiger partial charge in [-0.2, -0.15) is 0 Å². The van der Waals surface area contributed by atoms with Crippen LogP contribution in [-0.2, 0) is 6.54 Å². The Labute approximate surface area is 109 Å². The molecule has 4 nitrogen and oxygen atoms in total. The monoisotopic (exact) mass is 252 g/mol. The van der Waals surface area contributed by atoms with Gasteiger partial charge in [-0.1, -0.05) is 0 Å². The van der Waals surface area contributed by atoms with Gasteiger partial charge in [-0.3, -0.25) is 9.80 Å². The number of rotatable bonds is 4. The van der Waals surface area contributed by atoms with Crippen LogP contribution < -0.4 is 0 Å². The molecule has 0 saturated carbocycles. The molecule has 0 aliphatic carbocycles. The summed E-state index contributed by atoms with van der Waals surface area (Å²) in [6.07, 6.45) is 2.55. The van der Waals surface area contributed by atoms with Crippen LogP contribution in [0.3, 0.4) is 0 Å². The number of aliphatic hydroxyl groups excluding tert-OH is 1. The molecule has 2 rings (SSSR count). The van der Waals surface area contributed by atoms with Crippen molar-refractivity contribution in [1.29, 1.82) is 0 Å². The van der Waals surface area contributed by atoms with Crippen LogP contribution >= 0.6 is 0 Å². The first kappa shape index (κ1) is 13.6. The maximum Gasteiger partial charge on any atom is 0.117 e. The van der Waals surface area contributed by atoms with Gasteiger partial charge in [0.05, 0.1) is 12.8 Å². The minimum absolute atomic E-state index is 0.130. The highest BCUT2D eigenvalue weighted by atomic mass is 16.3. The third kappa shape index (κ3) is 2.94. The van der Waals surface area contributed by atoms with Gasteiger partial charge in [0.25, 0.3) is 0 Å². The molecule has 2 heterocycles. The predicted octanol–water partition coefficient (Wildman–Crippen LogP) is 1.56. The minimum Gasteiger partial charge on any atom is -0.468 e. The van der Waals surface area contributed by atoms with Gasteiger partial charge in [-0.05, 0) is 39.4 Å². The van der Waals surface area contributed by atoms with E-state index in [9.17, 15) is 5.11 Å². The van der Waals surface area contributed by atoms with E-state index in [-0.39, 0.29) is 12.1 Å². The van der Waals surface area contributed by atoms with Gasteiger partial charge in [-0.15, -0.1) is 0 Å². The first-order valence-electron chi connectivity index (χ1n) is 6.61. The molecule has 1 aliphatic rings. The van der Waals surface area contributed by atoms with Gasteiger partial charge in [0.15, 0.2) is 0 Å². The van der Waals surface area contributed by atoms with Crippen LogP contribution in [0.1, 0.15) is 26.0 Å². The summed E-state index contributed by atoms with van der Waals surface area (Å²) in [6.45, 7) is 7.62. The largest absolute Gasteiger partial charge is 0.468 e. The van der Waals surface area contributed by atoms with E-state index >= 15 is 0 Å². The fourth-order valence-corrected chi connectivity index (χ4v) is 2.82. The maximum atomic E-state index is 9.19. The number of furan rings is 1. The van der Waals surface area contributed by atoms with Crippen molar-refractivity contribution in [2.24, 2.45) is 0 Å². The molecule has 102 valence electrons. The van der Waals surface area contributed by atoms with E-state index < -0.39 is 0 Å². The average Bonchev–Trinajstić information content (AvgIpc) is 2.78. The highest BCUT2D eigenvalue weighted by molar-refractivity contribution is 5.01. The second-order valence-corrected chi connectivity index (χ2v) is 5.84. The van der Waals surface area contributed by atoms with Gasteiger partial charge in [-0.25, -0.2) is 0 Å². The Bertz CT molecular complexity index is 362. The van der Waals surface area contributed by atoms with Crippen LogP contribution in [0.25, 0.3) is 0 Å². The van der Waals surface area contributed by atoms with Crippen molar-refractivity contribution in [3.8, 4) is 0 Å². The van der Waals surface area contributed by atoms with Gasteiger partial charge >= 0.3 is 0 Å². The van der Waals surface area contributed by atoms with E-state index in [2.05, 4.69) is 30.7 Å². The Kier molecular flexibility index (Phi) is 4.10. The van der Waals surface area contributed by atoms with Crippen molar-refractivity contribution in [3.05, 3.63) is 24.2 Å². The minimum atomic E-state index is 0.130. The van der Waals surface area contributed by atoms with Gasteiger partial charge < -0.3 is 9.52 Å². The highest BCUT2D eigenvalue weighted by Gasteiger charge is 2.37. The second kappa shape index (κ2) is 5.43. The summed E-state index contributed by atoms with van der Waals surface area (Å²) in [7, 11) is 2.16. The lowest BCUT2D eigenvalue weighted by molar-refractivity contribution is -0.0199. The molecule has 1 N–H and O–H groups in total. The zero-order valence-electron chi connectivity index (χ0n) is 11.6. The number of likely N-dealkylation sites (N-methyl/N-ethyl adjacent to an activating group) is 1. The molecule has 0 amide bonds. The van der Waals surface area contributed by atoms with Crippen LogP contribution in [0.15, 0.2) is 22.8 Å². The number of piperazine rings is 1. The molecule has 1 saturated heterocycles. The van der Waals surface area contributed by atoms with Crippen molar-refractivity contribution in [1.82, 2.24) is 9.80 Å². The van der Waals surface area contributed by atoms with E-state index in [0.717, 1.165) is 31.8 Å². The van der Waals surface area contributed by atoms with Crippen LogP contribution in [0.5, 0.6) is 0 Å². The van der Waals surface area contributed by atoms with E-state index in [0.29, 0.717) is 6.04 Å². The molecular weight excluding hydrogens is 228 g/mol. The molecule has 0 aromatic carbocycles. The Morgan fingerprint density at radius 3 is 2.89 bits per heavy atom. The number of nitrogens with zero attached hydrogens (tertiary/aromatic N) is 2. The van der Waals surface area contributed by atoms with Crippen molar-refractivity contribution in [2.45, 2.75) is 38.4 Å². The summed E-state index contributed by atoms with van der Waals surface area (Å²) in [4.78, 5) is 4.81. The quantitative estimate of drug-likeness (QED) is 0.882. The van der Waals surface area contributed by atoms with E-state index in [4.69, 9.17) is 4.42 Å². The highest BCUT2D eigenvalue weighted by Crippen LogP contribution is 2.26. The molecule has 1 aliphatic heterocycles. The third-order valence-corrected chi connectivity index (χ3v) is 4.00. The molecule has 0 spiro atoms. The number of aliphatic hydroxyl groups is 1. The van der Waals surface area contributed by atoms with Gasteiger partial charge in [0.1, 0.15) is 5.76 Å². The first-order chi connectivity index (χ1) is 8.53. The summed E-state index contributed by atoms with van der Waals surface area (Å²) < 4.78 is 5.42. The Hall–Kier alpha value is -0.840. The van der Waals surface area contributed by atoms with Crippen LogP contribution in [0.4, 0.5) is 0 Å². The van der Waals surface area contributed by atoms with Gasteiger partial charge in [0, 0.05) is 31.3 Å². The van der Waals surface area contributed by atoms with E-state index in [1.165, 1.54) is 0 Å². The third-order valence-electron chi connectivity index (χ3n) is 4.00. The Balaban J connectivity index is 2.04. The summed E-state index contributed by atoms with van der Waals surface area (Å²) in [5, 5.41) is 9.19. The molecule has 1 aromatic heterocycles. The van der Waals surface area contributed by atoms with Gasteiger partial charge in [0.2, 0.25) is 0 Å².